The monoisotopic (exact) mass is 256 g/mol. The second-order valence-corrected chi connectivity index (χ2v) is 5.29. The molecular weight excluding hydrogens is 228 g/mol. The Morgan fingerprint density at radius 2 is 1.61 bits per heavy atom. The minimum atomic E-state index is -0.809. The summed E-state index contributed by atoms with van der Waals surface area (Å²) in [6.07, 6.45) is 6.78. The van der Waals surface area contributed by atoms with Crippen LogP contribution in [0.2, 0.25) is 0 Å². The van der Waals surface area contributed by atoms with Gasteiger partial charge in [0.05, 0.1) is 11.3 Å². The number of hydrogen-bond acceptors (Lipinski definition) is 2. The molecule has 0 aliphatic carbocycles. The highest BCUT2D eigenvalue weighted by Crippen LogP contribution is 2.34. The van der Waals surface area contributed by atoms with E-state index in [1.54, 1.807) is 6.92 Å². The number of carbonyl (C=O) groups excluding carboxylic acids is 2. The molecule has 4 nitrogen and oxygen atoms in total. The lowest BCUT2D eigenvalue weighted by atomic mass is 9.71. The highest BCUT2D eigenvalue weighted by Gasteiger charge is 2.40. The first-order valence-corrected chi connectivity index (χ1v) is 6.99. The molecule has 0 aromatic rings. The Morgan fingerprint density at radius 1 is 1.06 bits per heavy atom. The Hall–Kier alpha value is -1.06. The SMILES string of the molecule is CCCCCCCC(C(N)=O)C(C)(CC)C(N)=O. The molecule has 18 heavy (non-hydrogen) atoms. The minimum absolute atomic E-state index is 0.409. The molecule has 0 bridgehead atoms. The Bertz CT molecular complexity index is 279. The van der Waals surface area contributed by atoms with Gasteiger partial charge in [0, 0.05) is 0 Å². The third-order valence-corrected chi connectivity index (χ3v) is 4.01. The minimum Gasteiger partial charge on any atom is -0.369 e. The number of primary amides is 2. The average molecular weight is 256 g/mol. The molecule has 0 rings (SSSR count). The summed E-state index contributed by atoms with van der Waals surface area (Å²) in [6.45, 7) is 5.78. The number of amides is 2. The Kier molecular flexibility index (Phi) is 7.64. The quantitative estimate of drug-likeness (QED) is 0.588. The van der Waals surface area contributed by atoms with Crippen molar-refractivity contribution in [3.8, 4) is 0 Å². The highest BCUT2D eigenvalue weighted by molar-refractivity contribution is 5.88. The molecule has 2 amide bonds. The molecule has 0 aliphatic rings. The summed E-state index contributed by atoms with van der Waals surface area (Å²) in [7, 11) is 0. The fourth-order valence-corrected chi connectivity index (χ4v) is 2.32. The van der Waals surface area contributed by atoms with Gasteiger partial charge in [0.25, 0.3) is 0 Å². The largest absolute Gasteiger partial charge is 0.369 e. The van der Waals surface area contributed by atoms with Gasteiger partial charge in [-0.05, 0) is 12.8 Å². The van der Waals surface area contributed by atoms with Gasteiger partial charge in [-0.1, -0.05) is 52.9 Å². The van der Waals surface area contributed by atoms with Crippen LogP contribution in [0.5, 0.6) is 0 Å². The first-order valence-electron chi connectivity index (χ1n) is 6.99. The fraction of sp³-hybridized carbons (Fsp3) is 0.857. The summed E-state index contributed by atoms with van der Waals surface area (Å²) in [5.41, 5.74) is 10.0. The van der Waals surface area contributed by atoms with E-state index in [2.05, 4.69) is 6.92 Å². The van der Waals surface area contributed by atoms with Crippen LogP contribution in [0.4, 0.5) is 0 Å². The lowest BCUT2D eigenvalue weighted by Crippen LogP contribution is -2.46. The molecule has 0 fully saturated rings. The third kappa shape index (κ3) is 4.67. The van der Waals surface area contributed by atoms with Gasteiger partial charge in [-0.25, -0.2) is 0 Å². The molecule has 0 aromatic heterocycles. The molecule has 0 saturated heterocycles. The number of hydrogen-bond donors (Lipinski definition) is 2. The maximum atomic E-state index is 11.5. The predicted molar refractivity (Wildman–Crippen MR) is 73.7 cm³/mol. The van der Waals surface area contributed by atoms with E-state index in [0.717, 1.165) is 12.8 Å². The standard InChI is InChI=1S/C14H28N2O2/c1-4-6-7-8-9-10-11(12(15)17)14(3,5-2)13(16)18/h11H,4-10H2,1-3H3,(H2,15,17)(H2,16,18). The van der Waals surface area contributed by atoms with Gasteiger partial charge in [-0.15, -0.1) is 0 Å². The molecule has 106 valence electrons. The van der Waals surface area contributed by atoms with Crippen LogP contribution in [0, 0.1) is 11.3 Å². The molecular formula is C14H28N2O2. The first kappa shape index (κ1) is 16.9. The molecule has 2 atom stereocenters. The topological polar surface area (TPSA) is 86.2 Å². The number of carbonyl (C=O) groups is 2. The number of nitrogens with two attached hydrogens (primary N) is 2. The van der Waals surface area contributed by atoms with E-state index in [9.17, 15) is 9.59 Å². The highest BCUT2D eigenvalue weighted by atomic mass is 16.2. The molecule has 0 spiro atoms. The van der Waals surface area contributed by atoms with Gasteiger partial charge in [-0.2, -0.15) is 0 Å². The van der Waals surface area contributed by atoms with E-state index < -0.39 is 23.1 Å². The van der Waals surface area contributed by atoms with E-state index in [-0.39, 0.29) is 0 Å². The molecule has 0 saturated carbocycles. The zero-order valence-corrected chi connectivity index (χ0v) is 12.0. The van der Waals surface area contributed by atoms with Gasteiger partial charge >= 0.3 is 0 Å². The van der Waals surface area contributed by atoms with Gasteiger partial charge in [0.1, 0.15) is 0 Å². The van der Waals surface area contributed by atoms with E-state index in [1.165, 1.54) is 19.3 Å². The summed E-state index contributed by atoms with van der Waals surface area (Å²) in [5, 5.41) is 0. The van der Waals surface area contributed by atoms with E-state index in [1.807, 2.05) is 6.92 Å². The van der Waals surface area contributed by atoms with Crippen LogP contribution < -0.4 is 11.5 Å². The zero-order valence-electron chi connectivity index (χ0n) is 12.0. The first-order chi connectivity index (χ1) is 8.40. The lowest BCUT2D eigenvalue weighted by Gasteiger charge is -2.32. The van der Waals surface area contributed by atoms with Crippen LogP contribution in [-0.4, -0.2) is 11.8 Å². The van der Waals surface area contributed by atoms with Crippen molar-refractivity contribution < 1.29 is 9.59 Å². The molecule has 0 aromatic carbocycles. The summed E-state index contributed by atoms with van der Waals surface area (Å²) < 4.78 is 0. The van der Waals surface area contributed by atoms with E-state index in [0.29, 0.717) is 12.8 Å². The average Bonchev–Trinajstić information content (AvgIpc) is 2.32. The second-order valence-electron chi connectivity index (χ2n) is 5.29. The van der Waals surface area contributed by atoms with Gasteiger partial charge < -0.3 is 11.5 Å². The molecule has 0 aliphatic heterocycles. The van der Waals surface area contributed by atoms with Crippen molar-refractivity contribution in [3.05, 3.63) is 0 Å². The zero-order chi connectivity index (χ0) is 14.2. The summed E-state index contributed by atoms with van der Waals surface area (Å²) in [4.78, 5) is 23.1. The third-order valence-electron chi connectivity index (χ3n) is 4.01. The molecule has 0 heterocycles. The maximum absolute atomic E-state index is 11.5. The van der Waals surface area contributed by atoms with Crippen molar-refractivity contribution in [2.45, 2.75) is 65.7 Å². The van der Waals surface area contributed by atoms with Crippen LogP contribution in [0.15, 0.2) is 0 Å². The van der Waals surface area contributed by atoms with Crippen LogP contribution >= 0.6 is 0 Å². The second kappa shape index (κ2) is 8.11. The molecule has 0 radical (unpaired) electrons. The van der Waals surface area contributed by atoms with Crippen molar-refractivity contribution in [1.29, 1.82) is 0 Å². The van der Waals surface area contributed by atoms with E-state index in [4.69, 9.17) is 11.5 Å². The summed E-state index contributed by atoms with van der Waals surface area (Å²) in [6, 6.07) is 0. The van der Waals surface area contributed by atoms with E-state index >= 15 is 0 Å². The Morgan fingerprint density at radius 3 is 2.00 bits per heavy atom. The van der Waals surface area contributed by atoms with Crippen molar-refractivity contribution in [2.75, 3.05) is 0 Å². The Balaban J connectivity index is 4.47. The van der Waals surface area contributed by atoms with Crippen LogP contribution in [-0.2, 0) is 9.59 Å². The van der Waals surface area contributed by atoms with Crippen molar-refractivity contribution in [2.24, 2.45) is 22.8 Å². The maximum Gasteiger partial charge on any atom is 0.224 e. The van der Waals surface area contributed by atoms with Crippen LogP contribution in [0.25, 0.3) is 0 Å². The Labute approximate surface area is 110 Å². The predicted octanol–water partition coefficient (Wildman–Crippen LogP) is 2.35. The van der Waals surface area contributed by atoms with Crippen molar-refractivity contribution >= 4 is 11.8 Å². The fourth-order valence-electron chi connectivity index (χ4n) is 2.32. The molecule has 2 unspecified atom stereocenters. The number of unbranched alkanes of at least 4 members (excludes halogenated alkanes) is 4. The van der Waals surface area contributed by atoms with Crippen molar-refractivity contribution in [3.63, 3.8) is 0 Å². The molecule has 4 N–H and O–H groups in total. The lowest BCUT2D eigenvalue weighted by molar-refractivity contribution is -0.138. The van der Waals surface area contributed by atoms with Crippen LogP contribution in [0.1, 0.15) is 65.7 Å². The van der Waals surface area contributed by atoms with Gasteiger partial charge in [-0.3, -0.25) is 9.59 Å². The van der Waals surface area contributed by atoms with Gasteiger partial charge in [0.15, 0.2) is 0 Å². The van der Waals surface area contributed by atoms with Gasteiger partial charge in [0.2, 0.25) is 11.8 Å². The van der Waals surface area contributed by atoms with Crippen LogP contribution in [0.3, 0.4) is 0 Å². The molecule has 4 heteroatoms. The smallest absolute Gasteiger partial charge is 0.224 e. The number of rotatable bonds is 10. The summed E-state index contributed by atoms with van der Waals surface area (Å²) >= 11 is 0. The van der Waals surface area contributed by atoms with Crippen molar-refractivity contribution in [1.82, 2.24) is 0 Å². The summed E-state index contributed by atoms with van der Waals surface area (Å²) in [5.74, 6) is -1.28. The normalized spacial score (nSPS) is 15.9.